The highest BCUT2D eigenvalue weighted by atomic mass is 32.1. The normalized spacial score (nSPS) is 18.1. The van der Waals surface area contributed by atoms with E-state index in [1.807, 2.05) is 11.6 Å². The highest BCUT2D eigenvalue weighted by Gasteiger charge is 2.22. The van der Waals surface area contributed by atoms with E-state index in [1.165, 1.54) is 0 Å². The minimum Gasteiger partial charge on any atom is -0.341 e. The molecule has 0 aliphatic carbocycles. The Morgan fingerprint density at radius 2 is 2.00 bits per heavy atom. The van der Waals surface area contributed by atoms with E-state index in [0.717, 1.165) is 37.6 Å². The van der Waals surface area contributed by atoms with Crippen LogP contribution in [0.15, 0.2) is 29.4 Å². The summed E-state index contributed by atoms with van der Waals surface area (Å²) in [4.78, 5) is 15.3. The summed E-state index contributed by atoms with van der Waals surface area (Å²) in [5, 5.41) is 5.79. The van der Waals surface area contributed by atoms with Crippen molar-refractivity contribution in [3.05, 3.63) is 35.0 Å². The molecule has 2 aromatic rings. The van der Waals surface area contributed by atoms with Crippen LogP contribution < -0.4 is 10.2 Å². The molecule has 1 aliphatic rings. The van der Waals surface area contributed by atoms with Gasteiger partial charge in [-0.25, -0.2) is 15.0 Å². The van der Waals surface area contributed by atoms with E-state index in [2.05, 4.69) is 37.5 Å². The van der Waals surface area contributed by atoms with Crippen molar-refractivity contribution in [2.24, 2.45) is 0 Å². The molecule has 5 nitrogen and oxygen atoms in total. The van der Waals surface area contributed by atoms with Crippen LogP contribution in [0.2, 0.25) is 0 Å². The van der Waals surface area contributed by atoms with E-state index in [-0.39, 0.29) is 0 Å². The zero-order valence-corrected chi connectivity index (χ0v) is 12.4. The quantitative estimate of drug-likeness (QED) is 0.935. The first-order chi connectivity index (χ1) is 9.83. The summed E-state index contributed by atoms with van der Waals surface area (Å²) >= 11 is 1.65. The summed E-state index contributed by atoms with van der Waals surface area (Å²) in [7, 11) is 0. The van der Waals surface area contributed by atoms with Crippen LogP contribution in [0.1, 0.15) is 31.5 Å². The van der Waals surface area contributed by atoms with Gasteiger partial charge in [0.2, 0.25) is 5.95 Å². The summed E-state index contributed by atoms with van der Waals surface area (Å²) in [6.07, 6.45) is 5.84. The summed E-state index contributed by atoms with van der Waals surface area (Å²) in [6, 6.07) is 2.73. The topological polar surface area (TPSA) is 53.9 Å². The van der Waals surface area contributed by atoms with Crippen molar-refractivity contribution in [2.45, 2.75) is 31.8 Å². The molecule has 106 valence electrons. The van der Waals surface area contributed by atoms with Crippen molar-refractivity contribution >= 4 is 17.3 Å². The van der Waals surface area contributed by atoms with Gasteiger partial charge in [-0.3, -0.25) is 0 Å². The Bertz CT molecular complexity index is 508. The molecule has 1 atom stereocenters. The van der Waals surface area contributed by atoms with Crippen LogP contribution in [0.3, 0.4) is 0 Å². The fourth-order valence-corrected chi connectivity index (χ4v) is 3.22. The van der Waals surface area contributed by atoms with Crippen molar-refractivity contribution in [3.63, 3.8) is 0 Å². The van der Waals surface area contributed by atoms with E-state index in [0.29, 0.717) is 12.1 Å². The van der Waals surface area contributed by atoms with Crippen molar-refractivity contribution in [3.8, 4) is 0 Å². The van der Waals surface area contributed by atoms with Gasteiger partial charge in [-0.15, -0.1) is 11.3 Å². The lowest BCUT2D eigenvalue weighted by molar-refractivity contribution is 0.376. The van der Waals surface area contributed by atoms with E-state index < -0.39 is 0 Å². The Labute approximate surface area is 123 Å². The smallest absolute Gasteiger partial charge is 0.225 e. The average molecular weight is 289 g/mol. The van der Waals surface area contributed by atoms with Crippen molar-refractivity contribution in [1.82, 2.24) is 20.3 Å². The maximum Gasteiger partial charge on any atom is 0.225 e. The average Bonchev–Trinajstić information content (AvgIpc) is 3.03. The van der Waals surface area contributed by atoms with Crippen LogP contribution in [-0.4, -0.2) is 34.1 Å². The second-order valence-electron chi connectivity index (χ2n) is 5.11. The van der Waals surface area contributed by atoms with Crippen LogP contribution in [0.5, 0.6) is 0 Å². The number of nitrogens with one attached hydrogen (secondary N) is 1. The molecule has 1 unspecified atom stereocenters. The molecule has 3 rings (SSSR count). The van der Waals surface area contributed by atoms with Gasteiger partial charge in [-0.1, -0.05) is 0 Å². The number of piperidine rings is 1. The van der Waals surface area contributed by atoms with Gasteiger partial charge in [0.25, 0.3) is 0 Å². The number of hydrogen-bond donors (Lipinski definition) is 1. The molecular weight excluding hydrogens is 270 g/mol. The standard InChI is InChI=1S/C14H19N5S/c1-11(13-9-20-10-17-13)18-12-3-7-19(8-4-12)14-15-5-2-6-16-14/h2,5-6,9-12,18H,3-4,7-8H2,1H3. The largest absolute Gasteiger partial charge is 0.341 e. The van der Waals surface area contributed by atoms with Gasteiger partial charge in [0.05, 0.1) is 11.2 Å². The first-order valence-corrected chi connectivity index (χ1v) is 7.93. The summed E-state index contributed by atoms with van der Waals surface area (Å²) in [5.41, 5.74) is 3.03. The number of anilines is 1. The number of thiazole rings is 1. The Balaban J connectivity index is 1.51. The molecule has 20 heavy (non-hydrogen) atoms. The van der Waals surface area contributed by atoms with E-state index >= 15 is 0 Å². The monoisotopic (exact) mass is 289 g/mol. The molecule has 1 N–H and O–H groups in total. The van der Waals surface area contributed by atoms with Gasteiger partial charge in [0.15, 0.2) is 0 Å². The SMILES string of the molecule is CC(NC1CCN(c2ncccn2)CC1)c1cscn1. The van der Waals surface area contributed by atoms with Crippen LogP contribution in [-0.2, 0) is 0 Å². The lowest BCUT2D eigenvalue weighted by atomic mass is 10.0. The molecule has 2 aromatic heterocycles. The van der Waals surface area contributed by atoms with E-state index in [1.54, 1.807) is 23.7 Å². The molecule has 0 radical (unpaired) electrons. The van der Waals surface area contributed by atoms with E-state index in [9.17, 15) is 0 Å². The zero-order chi connectivity index (χ0) is 13.8. The summed E-state index contributed by atoms with van der Waals surface area (Å²) in [5.74, 6) is 0.846. The lowest BCUT2D eigenvalue weighted by Gasteiger charge is -2.33. The molecule has 0 saturated carbocycles. The van der Waals surface area contributed by atoms with Crippen molar-refractivity contribution < 1.29 is 0 Å². The second kappa shape index (κ2) is 6.28. The van der Waals surface area contributed by atoms with Gasteiger partial charge in [-0.05, 0) is 25.8 Å². The third kappa shape index (κ3) is 3.13. The Morgan fingerprint density at radius 1 is 1.25 bits per heavy atom. The Kier molecular flexibility index (Phi) is 4.22. The molecule has 1 saturated heterocycles. The minimum absolute atomic E-state index is 0.325. The zero-order valence-electron chi connectivity index (χ0n) is 11.6. The summed E-state index contributed by atoms with van der Waals surface area (Å²) in [6.45, 7) is 4.19. The van der Waals surface area contributed by atoms with Gasteiger partial charge in [0, 0.05) is 42.9 Å². The lowest BCUT2D eigenvalue weighted by Crippen LogP contribution is -2.43. The van der Waals surface area contributed by atoms with Crippen LogP contribution in [0.4, 0.5) is 5.95 Å². The van der Waals surface area contributed by atoms with Gasteiger partial charge in [0.1, 0.15) is 0 Å². The van der Waals surface area contributed by atoms with E-state index in [4.69, 9.17) is 0 Å². The molecule has 0 bridgehead atoms. The number of nitrogens with zero attached hydrogens (tertiary/aromatic N) is 4. The second-order valence-corrected chi connectivity index (χ2v) is 5.83. The highest BCUT2D eigenvalue weighted by Crippen LogP contribution is 2.19. The third-order valence-corrected chi connectivity index (χ3v) is 4.32. The molecule has 0 aromatic carbocycles. The fraction of sp³-hybridized carbons (Fsp3) is 0.500. The summed E-state index contributed by atoms with van der Waals surface area (Å²) < 4.78 is 0. The van der Waals surface area contributed by atoms with Crippen LogP contribution in [0, 0.1) is 0 Å². The number of rotatable bonds is 4. The predicted molar refractivity (Wildman–Crippen MR) is 80.9 cm³/mol. The Morgan fingerprint density at radius 3 is 2.65 bits per heavy atom. The van der Waals surface area contributed by atoms with Crippen LogP contribution >= 0.6 is 11.3 Å². The van der Waals surface area contributed by atoms with Gasteiger partial charge in [-0.2, -0.15) is 0 Å². The molecular formula is C14H19N5S. The molecule has 0 amide bonds. The fourth-order valence-electron chi connectivity index (χ4n) is 2.58. The number of aromatic nitrogens is 3. The van der Waals surface area contributed by atoms with Crippen molar-refractivity contribution in [2.75, 3.05) is 18.0 Å². The predicted octanol–water partition coefficient (Wildman–Crippen LogP) is 2.25. The Hall–Kier alpha value is -1.53. The van der Waals surface area contributed by atoms with Crippen molar-refractivity contribution in [1.29, 1.82) is 0 Å². The maximum atomic E-state index is 4.37. The van der Waals surface area contributed by atoms with Gasteiger partial charge < -0.3 is 10.2 Å². The van der Waals surface area contributed by atoms with Gasteiger partial charge >= 0.3 is 0 Å². The third-order valence-electron chi connectivity index (χ3n) is 3.71. The highest BCUT2D eigenvalue weighted by molar-refractivity contribution is 7.07. The first kappa shape index (κ1) is 13.5. The maximum absolute atomic E-state index is 4.37. The van der Waals surface area contributed by atoms with Crippen LogP contribution in [0.25, 0.3) is 0 Å². The molecule has 3 heterocycles. The number of hydrogen-bond acceptors (Lipinski definition) is 6. The minimum atomic E-state index is 0.325. The molecule has 1 aliphatic heterocycles. The molecule has 1 fully saturated rings. The molecule has 6 heteroatoms. The first-order valence-electron chi connectivity index (χ1n) is 6.99. The molecule has 0 spiro atoms.